The zero-order valence-corrected chi connectivity index (χ0v) is 11.3. The molecule has 1 aromatic rings. The molecule has 18 heavy (non-hydrogen) atoms. The molecule has 0 spiro atoms. The first-order chi connectivity index (χ1) is 8.59. The number of nitrogens with zero attached hydrogens (tertiary/aromatic N) is 1. The molecule has 96 valence electrons. The van der Waals surface area contributed by atoms with Gasteiger partial charge in [0.2, 0.25) is 9.84 Å². The smallest absolute Gasteiger partial charge is 0.204 e. The van der Waals surface area contributed by atoms with Gasteiger partial charge in [0.25, 0.3) is 0 Å². The molecule has 2 heterocycles. The van der Waals surface area contributed by atoms with E-state index in [1.54, 1.807) is 6.07 Å². The molecular weight excluding hydrogens is 246 g/mol. The van der Waals surface area contributed by atoms with Crippen LogP contribution in [-0.4, -0.2) is 33.0 Å². The topological polar surface area (TPSA) is 37.4 Å². The molecule has 2 aliphatic heterocycles. The second kappa shape index (κ2) is 4.21. The van der Waals surface area contributed by atoms with Gasteiger partial charge in [0.15, 0.2) is 0 Å². The summed E-state index contributed by atoms with van der Waals surface area (Å²) in [4.78, 5) is 3.27. The minimum Gasteiger partial charge on any atom is -0.298 e. The van der Waals surface area contributed by atoms with E-state index in [1.807, 2.05) is 25.1 Å². The van der Waals surface area contributed by atoms with Gasteiger partial charge < -0.3 is 0 Å². The van der Waals surface area contributed by atoms with E-state index in [-0.39, 0.29) is 0 Å². The molecule has 3 nitrogen and oxygen atoms in total. The van der Waals surface area contributed by atoms with Crippen molar-refractivity contribution in [3.8, 4) is 0 Å². The zero-order chi connectivity index (χ0) is 12.8. The summed E-state index contributed by atoms with van der Waals surface area (Å²) in [6.45, 7) is 4.56. The molecule has 0 radical (unpaired) electrons. The summed E-state index contributed by atoms with van der Waals surface area (Å²) in [6, 6.07) is 5.49. The van der Waals surface area contributed by atoms with Gasteiger partial charge in [0.1, 0.15) is 0 Å². The minimum absolute atomic E-state index is 0.483. The van der Waals surface area contributed by atoms with E-state index in [1.165, 1.54) is 12.8 Å². The van der Waals surface area contributed by atoms with Gasteiger partial charge in [0, 0.05) is 6.54 Å². The third-order valence-corrected chi connectivity index (χ3v) is 5.67. The minimum atomic E-state index is -3.24. The van der Waals surface area contributed by atoms with Crippen LogP contribution in [0.2, 0.25) is 0 Å². The van der Waals surface area contributed by atoms with Gasteiger partial charge in [-0.1, -0.05) is 12.1 Å². The Kier molecular flexibility index (Phi) is 2.79. The van der Waals surface area contributed by atoms with Gasteiger partial charge in [-0.2, -0.15) is 0 Å². The highest BCUT2D eigenvalue weighted by molar-refractivity contribution is 7.95. The van der Waals surface area contributed by atoms with Crippen LogP contribution in [0.5, 0.6) is 0 Å². The van der Waals surface area contributed by atoms with Crippen molar-refractivity contribution in [3.63, 3.8) is 0 Å². The van der Waals surface area contributed by atoms with Crippen LogP contribution >= 0.6 is 0 Å². The summed E-state index contributed by atoms with van der Waals surface area (Å²) in [5, 5.41) is 0. The third kappa shape index (κ3) is 1.80. The molecule has 0 aromatic heterocycles. The first kappa shape index (κ1) is 11.9. The van der Waals surface area contributed by atoms with E-state index in [0.717, 1.165) is 24.2 Å². The average molecular weight is 263 g/mol. The van der Waals surface area contributed by atoms with Gasteiger partial charge in [-0.05, 0) is 56.1 Å². The molecule has 1 aromatic carbocycles. The molecule has 0 amide bonds. The number of sulfone groups is 1. The second-order valence-corrected chi connectivity index (χ2v) is 7.06. The number of likely N-dealkylation sites (tertiary alicyclic amines) is 1. The summed E-state index contributed by atoms with van der Waals surface area (Å²) in [6.07, 6.45) is 4.22. The Morgan fingerprint density at radius 3 is 2.61 bits per heavy atom. The largest absolute Gasteiger partial charge is 0.298 e. The third-order valence-electron chi connectivity index (χ3n) is 3.80. The fourth-order valence-electron chi connectivity index (χ4n) is 2.74. The Morgan fingerprint density at radius 1 is 1.22 bits per heavy atom. The highest BCUT2D eigenvalue weighted by Gasteiger charge is 2.31. The normalized spacial score (nSPS) is 21.9. The number of rotatable bonds is 2. The Morgan fingerprint density at radius 2 is 1.94 bits per heavy atom. The Bertz CT molecular complexity index is 611. The van der Waals surface area contributed by atoms with E-state index in [9.17, 15) is 8.42 Å². The van der Waals surface area contributed by atoms with E-state index < -0.39 is 9.84 Å². The predicted octanol–water partition coefficient (Wildman–Crippen LogP) is 2.22. The molecule has 0 unspecified atom stereocenters. The molecule has 0 N–H and O–H groups in total. The van der Waals surface area contributed by atoms with Gasteiger partial charge in [-0.25, -0.2) is 8.42 Å². The maximum absolute atomic E-state index is 12.4. The SMILES string of the molecule is Cc1cccc2c1C=C(CN1CCCC1)S2(=O)=O. The molecule has 3 rings (SSSR count). The van der Waals surface area contributed by atoms with E-state index in [2.05, 4.69) is 4.90 Å². The average Bonchev–Trinajstić information content (AvgIpc) is 2.90. The summed E-state index contributed by atoms with van der Waals surface area (Å²) < 4.78 is 24.9. The van der Waals surface area contributed by atoms with Crippen molar-refractivity contribution < 1.29 is 8.42 Å². The van der Waals surface area contributed by atoms with Crippen LogP contribution in [0.15, 0.2) is 28.0 Å². The Hall–Kier alpha value is -1.13. The molecule has 1 saturated heterocycles. The highest BCUT2D eigenvalue weighted by Crippen LogP contribution is 2.35. The van der Waals surface area contributed by atoms with E-state index >= 15 is 0 Å². The van der Waals surface area contributed by atoms with Crippen LogP contribution in [0.4, 0.5) is 0 Å². The van der Waals surface area contributed by atoms with Crippen LogP contribution < -0.4 is 0 Å². The molecule has 1 fully saturated rings. The molecule has 0 aliphatic carbocycles. The fourth-order valence-corrected chi connectivity index (χ4v) is 4.42. The van der Waals surface area contributed by atoms with Crippen LogP contribution in [0, 0.1) is 6.92 Å². The van der Waals surface area contributed by atoms with Crippen molar-refractivity contribution in [2.45, 2.75) is 24.7 Å². The predicted molar refractivity (Wildman–Crippen MR) is 72.0 cm³/mol. The monoisotopic (exact) mass is 263 g/mol. The number of hydrogen-bond donors (Lipinski definition) is 0. The first-order valence-corrected chi connectivity index (χ1v) is 7.85. The van der Waals surface area contributed by atoms with Crippen molar-refractivity contribution in [2.75, 3.05) is 19.6 Å². The maximum atomic E-state index is 12.4. The number of fused-ring (bicyclic) bond motifs is 1. The molecule has 2 aliphatic rings. The number of benzene rings is 1. The van der Waals surface area contributed by atoms with Gasteiger partial charge >= 0.3 is 0 Å². The van der Waals surface area contributed by atoms with Crippen molar-refractivity contribution in [2.24, 2.45) is 0 Å². The van der Waals surface area contributed by atoms with Gasteiger partial charge in [-0.15, -0.1) is 0 Å². The number of hydrogen-bond acceptors (Lipinski definition) is 3. The lowest BCUT2D eigenvalue weighted by molar-refractivity contribution is 0.374. The second-order valence-electron chi connectivity index (χ2n) is 5.08. The molecule has 0 saturated carbocycles. The van der Waals surface area contributed by atoms with Crippen molar-refractivity contribution in [3.05, 3.63) is 34.2 Å². The van der Waals surface area contributed by atoms with Gasteiger partial charge in [-0.3, -0.25) is 4.90 Å². The zero-order valence-electron chi connectivity index (χ0n) is 10.5. The lowest BCUT2D eigenvalue weighted by Gasteiger charge is -2.14. The Balaban J connectivity index is 1.98. The first-order valence-electron chi connectivity index (χ1n) is 6.37. The van der Waals surface area contributed by atoms with Crippen LogP contribution in [0.25, 0.3) is 6.08 Å². The molecule has 4 heteroatoms. The summed E-state index contributed by atoms with van der Waals surface area (Å²) in [5.41, 5.74) is 1.92. The van der Waals surface area contributed by atoms with E-state index in [0.29, 0.717) is 16.3 Å². The van der Waals surface area contributed by atoms with E-state index in [4.69, 9.17) is 0 Å². The molecule has 0 bridgehead atoms. The maximum Gasteiger partial charge on any atom is 0.204 e. The lowest BCUT2D eigenvalue weighted by Crippen LogP contribution is -2.23. The quantitative estimate of drug-likeness (QED) is 0.821. The van der Waals surface area contributed by atoms with Crippen molar-refractivity contribution >= 4 is 15.9 Å². The molecule has 0 atom stereocenters. The Labute approximate surface area is 108 Å². The van der Waals surface area contributed by atoms with Crippen molar-refractivity contribution in [1.82, 2.24) is 4.90 Å². The highest BCUT2D eigenvalue weighted by atomic mass is 32.2. The fraction of sp³-hybridized carbons (Fsp3) is 0.429. The summed E-state index contributed by atoms with van der Waals surface area (Å²) >= 11 is 0. The summed E-state index contributed by atoms with van der Waals surface area (Å²) in [5.74, 6) is 0. The summed E-state index contributed by atoms with van der Waals surface area (Å²) in [7, 11) is -3.24. The number of aryl methyl sites for hydroxylation is 1. The van der Waals surface area contributed by atoms with Crippen molar-refractivity contribution in [1.29, 1.82) is 0 Å². The van der Waals surface area contributed by atoms with Gasteiger partial charge in [0.05, 0.1) is 9.80 Å². The molecular formula is C14H17NO2S. The van der Waals surface area contributed by atoms with Crippen LogP contribution in [0.1, 0.15) is 24.0 Å². The standard InChI is InChI=1S/C14H17NO2S/c1-11-5-4-6-14-13(11)9-12(18(14,16)17)10-15-7-2-3-8-15/h4-6,9H,2-3,7-8,10H2,1H3. The van der Waals surface area contributed by atoms with Crippen LogP contribution in [0.3, 0.4) is 0 Å². The lowest BCUT2D eigenvalue weighted by atomic mass is 10.1. The van der Waals surface area contributed by atoms with Crippen LogP contribution in [-0.2, 0) is 9.84 Å².